The molecule has 5 nitrogen and oxygen atoms in total. The number of hydrogen-bond donors (Lipinski definition) is 2. The van der Waals surface area contributed by atoms with Crippen LogP contribution in [0, 0.1) is 0 Å². The number of benzene rings is 1. The van der Waals surface area contributed by atoms with E-state index in [1.165, 1.54) is 18.3 Å². The largest absolute Gasteiger partial charge is 0.339 e. The standard InChI is InChI=1S/C13H8Cl4N4O/c14-9-2-1-3-10(15)8(9)6-18-21-13(22)19-7-4-11(16)20-12(17)5-7/h1-6H,(H2,19,20,21,22)/b18-6+. The SMILES string of the molecule is O=C(N/N=C/c1c(Cl)cccc1Cl)Nc1cc(Cl)nc(Cl)c1. The number of pyridine rings is 1. The Morgan fingerprint density at radius 1 is 1.09 bits per heavy atom. The van der Waals surface area contributed by atoms with Gasteiger partial charge in [0.2, 0.25) is 0 Å². The van der Waals surface area contributed by atoms with E-state index < -0.39 is 6.03 Å². The molecule has 0 radical (unpaired) electrons. The molecule has 1 heterocycles. The molecule has 0 aliphatic rings. The van der Waals surface area contributed by atoms with E-state index in [-0.39, 0.29) is 10.3 Å². The molecule has 0 atom stereocenters. The fraction of sp³-hybridized carbons (Fsp3) is 0. The fourth-order valence-corrected chi connectivity index (χ4v) is 2.44. The zero-order valence-corrected chi connectivity index (χ0v) is 13.8. The van der Waals surface area contributed by atoms with Crippen molar-refractivity contribution in [2.45, 2.75) is 0 Å². The first kappa shape index (κ1) is 16.8. The van der Waals surface area contributed by atoms with Crippen molar-refractivity contribution in [1.82, 2.24) is 10.4 Å². The van der Waals surface area contributed by atoms with E-state index in [2.05, 4.69) is 20.8 Å². The second-order valence-electron chi connectivity index (χ2n) is 3.96. The molecule has 0 unspecified atom stereocenters. The number of carbonyl (C=O) groups excluding carboxylic acids is 1. The molecule has 1 aromatic heterocycles. The number of hydrogen-bond acceptors (Lipinski definition) is 3. The smallest absolute Gasteiger partial charge is 0.306 e. The fourth-order valence-electron chi connectivity index (χ4n) is 1.49. The maximum absolute atomic E-state index is 11.7. The highest BCUT2D eigenvalue weighted by atomic mass is 35.5. The van der Waals surface area contributed by atoms with E-state index in [1.54, 1.807) is 18.2 Å². The van der Waals surface area contributed by atoms with Gasteiger partial charge < -0.3 is 5.32 Å². The van der Waals surface area contributed by atoms with Gasteiger partial charge >= 0.3 is 6.03 Å². The van der Waals surface area contributed by atoms with Crippen molar-refractivity contribution in [3.8, 4) is 0 Å². The number of carbonyl (C=O) groups is 1. The second-order valence-corrected chi connectivity index (χ2v) is 5.55. The Kier molecular flexibility index (Phi) is 5.85. The van der Waals surface area contributed by atoms with Crippen molar-refractivity contribution >= 4 is 64.3 Å². The van der Waals surface area contributed by atoms with Gasteiger partial charge in [-0.1, -0.05) is 52.5 Å². The third-order valence-electron chi connectivity index (χ3n) is 2.38. The van der Waals surface area contributed by atoms with Crippen molar-refractivity contribution in [2.75, 3.05) is 5.32 Å². The molecule has 0 aliphatic heterocycles. The number of hydrazone groups is 1. The number of nitrogens with one attached hydrogen (secondary N) is 2. The summed E-state index contributed by atoms with van der Waals surface area (Å²) in [5.74, 6) is 0. The molecule has 0 saturated carbocycles. The van der Waals surface area contributed by atoms with E-state index in [0.717, 1.165) is 0 Å². The Labute approximate surface area is 146 Å². The maximum Gasteiger partial charge on any atom is 0.339 e. The average molecular weight is 378 g/mol. The molecule has 114 valence electrons. The van der Waals surface area contributed by atoms with Crippen LogP contribution in [-0.2, 0) is 0 Å². The molecule has 1 aromatic carbocycles. The second kappa shape index (κ2) is 7.65. The Morgan fingerprint density at radius 3 is 2.27 bits per heavy atom. The summed E-state index contributed by atoms with van der Waals surface area (Å²) in [6.45, 7) is 0. The summed E-state index contributed by atoms with van der Waals surface area (Å²) in [4.78, 5) is 15.4. The highest BCUT2D eigenvalue weighted by Gasteiger charge is 2.05. The van der Waals surface area contributed by atoms with Crippen LogP contribution in [-0.4, -0.2) is 17.2 Å². The lowest BCUT2D eigenvalue weighted by Gasteiger charge is -2.05. The van der Waals surface area contributed by atoms with Gasteiger partial charge in [0.15, 0.2) is 0 Å². The van der Waals surface area contributed by atoms with Gasteiger partial charge in [0, 0.05) is 11.3 Å². The Hall–Kier alpha value is -1.53. The van der Waals surface area contributed by atoms with E-state index in [1.807, 2.05) is 0 Å². The van der Waals surface area contributed by atoms with Crippen LogP contribution in [0.1, 0.15) is 5.56 Å². The Balaban J connectivity index is 1.99. The van der Waals surface area contributed by atoms with Gasteiger partial charge in [-0.2, -0.15) is 5.10 Å². The third-order valence-corrected chi connectivity index (χ3v) is 3.43. The molecule has 2 N–H and O–H groups in total. The van der Waals surface area contributed by atoms with Gasteiger partial charge in [0.1, 0.15) is 10.3 Å². The molecule has 9 heteroatoms. The lowest BCUT2D eigenvalue weighted by molar-refractivity contribution is 0.252. The van der Waals surface area contributed by atoms with Crippen molar-refractivity contribution < 1.29 is 4.79 Å². The first-order chi connectivity index (χ1) is 10.5. The molecule has 2 amide bonds. The van der Waals surface area contributed by atoms with Crippen LogP contribution >= 0.6 is 46.4 Å². The monoisotopic (exact) mass is 376 g/mol. The zero-order chi connectivity index (χ0) is 16.1. The van der Waals surface area contributed by atoms with Gasteiger partial charge in [-0.15, -0.1) is 0 Å². The van der Waals surface area contributed by atoms with Crippen LogP contribution in [0.15, 0.2) is 35.4 Å². The number of nitrogens with zero attached hydrogens (tertiary/aromatic N) is 2. The molecule has 0 fully saturated rings. The van der Waals surface area contributed by atoms with Gasteiger partial charge in [-0.3, -0.25) is 0 Å². The average Bonchev–Trinajstić information content (AvgIpc) is 2.41. The predicted octanol–water partition coefficient (Wildman–Crippen LogP) is 4.85. The molecule has 0 spiro atoms. The number of anilines is 1. The molecule has 2 rings (SSSR count). The number of amides is 2. The number of rotatable bonds is 3. The Bertz CT molecular complexity index is 695. The molecule has 22 heavy (non-hydrogen) atoms. The van der Waals surface area contributed by atoms with E-state index in [9.17, 15) is 4.79 Å². The quantitative estimate of drug-likeness (QED) is 0.456. The minimum Gasteiger partial charge on any atom is -0.306 e. The molecule has 0 bridgehead atoms. The summed E-state index contributed by atoms with van der Waals surface area (Å²) in [5, 5.41) is 7.43. The summed E-state index contributed by atoms with van der Waals surface area (Å²) in [6, 6.07) is 7.34. The van der Waals surface area contributed by atoms with E-state index >= 15 is 0 Å². The van der Waals surface area contributed by atoms with E-state index in [4.69, 9.17) is 46.4 Å². The highest BCUT2D eigenvalue weighted by molar-refractivity contribution is 6.38. The van der Waals surface area contributed by atoms with Crippen LogP contribution in [0.3, 0.4) is 0 Å². The van der Waals surface area contributed by atoms with Gasteiger partial charge in [-0.25, -0.2) is 15.2 Å². The highest BCUT2D eigenvalue weighted by Crippen LogP contribution is 2.22. The first-order valence-corrected chi connectivity index (χ1v) is 7.34. The lowest BCUT2D eigenvalue weighted by Crippen LogP contribution is -2.24. The van der Waals surface area contributed by atoms with Gasteiger partial charge in [0.25, 0.3) is 0 Å². The predicted molar refractivity (Wildman–Crippen MR) is 90.5 cm³/mol. The number of aromatic nitrogens is 1. The molecular weight excluding hydrogens is 370 g/mol. The summed E-state index contributed by atoms with van der Waals surface area (Å²) in [7, 11) is 0. The lowest BCUT2D eigenvalue weighted by atomic mass is 10.2. The van der Waals surface area contributed by atoms with Crippen LogP contribution < -0.4 is 10.7 Å². The topological polar surface area (TPSA) is 66.4 Å². The summed E-state index contributed by atoms with van der Waals surface area (Å²) >= 11 is 23.4. The third kappa shape index (κ3) is 4.74. The van der Waals surface area contributed by atoms with Crippen LogP contribution in [0.2, 0.25) is 20.4 Å². The summed E-state index contributed by atoms with van der Waals surface area (Å²) in [6.07, 6.45) is 1.34. The summed E-state index contributed by atoms with van der Waals surface area (Å²) < 4.78 is 0. The number of urea groups is 1. The normalized spacial score (nSPS) is 10.7. The minimum atomic E-state index is -0.585. The van der Waals surface area contributed by atoms with Gasteiger partial charge in [0.05, 0.1) is 16.3 Å². The minimum absolute atomic E-state index is 0.161. The first-order valence-electron chi connectivity index (χ1n) is 5.83. The Morgan fingerprint density at radius 2 is 1.68 bits per heavy atom. The van der Waals surface area contributed by atoms with Crippen molar-refractivity contribution in [3.05, 3.63) is 56.2 Å². The molecule has 0 aliphatic carbocycles. The van der Waals surface area contributed by atoms with Crippen molar-refractivity contribution in [3.63, 3.8) is 0 Å². The van der Waals surface area contributed by atoms with Crippen LogP contribution in [0.25, 0.3) is 0 Å². The number of halogens is 4. The van der Waals surface area contributed by atoms with E-state index in [0.29, 0.717) is 21.3 Å². The molecule has 2 aromatic rings. The van der Waals surface area contributed by atoms with Crippen LogP contribution in [0.4, 0.5) is 10.5 Å². The van der Waals surface area contributed by atoms with Crippen molar-refractivity contribution in [2.24, 2.45) is 5.10 Å². The van der Waals surface area contributed by atoms with Crippen molar-refractivity contribution in [1.29, 1.82) is 0 Å². The van der Waals surface area contributed by atoms with Crippen LogP contribution in [0.5, 0.6) is 0 Å². The maximum atomic E-state index is 11.7. The molecular formula is C13H8Cl4N4O. The molecule has 0 saturated heterocycles. The van der Waals surface area contributed by atoms with Gasteiger partial charge in [-0.05, 0) is 24.3 Å². The zero-order valence-electron chi connectivity index (χ0n) is 10.8. The summed E-state index contributed by atoms with van der Waals surface area (Å²) in [5.41, 5.74) is 3.15.